The summed E-state index contributed by atoms with van der Waals surface area (Å²) in [5.41, 5.74) is 1.45. The van der Waals surface area contributed by atoms with E-state index in [1.165, 1.54) is 0 Å². The average Bonchev–Trinajstić information content (AvgIpc) is 2.91. The summed E-state index contributed by atoms with van der Waals surface area (Å²) < 4.78 is 0. The Morgan fingerprint density at radius 1 is 1.10 bits per heavy atom. The van der Waals surface area contributed by atoms with E-state index in [-0.39, 0.29) is 16.1 Å². The number of rotatable bonds is 4. The van der Waals surface area contributed by atoms with Crippen molar-refractivity contribution >= 4 is 46.7 Å². The Morgan fingerprint density at radius 2 is 1.71 bits per heavy atom. The van der Waals surface area contributed by atoms with Gasteiger partial charge in [-0.25, -0.2) is 4.79 Å². The number of carbonyl (C=O) groups is 3. The molecule has 3 rings (SSSR count). The summed E-state index contributed by atoms with van der Waals surface area (Å²) in [6.07, 6.45) is 0. The van der Waals surface area contributed by atoms with Crippen LogP contribution in [0.2, 0.25) is 10.0 Å². The first-order chi connectivity index (χ1) is 14.3. The molecule has 0 saturated carbocycles. The molecule has 0 aromatic heterocycles. The molecule has 2 N–H and O–H groups in total. The fraction of sp³-hybridized carbons (Fsp3) is 0.348. The molecule has 1 aliphatic heterocycles. The molecule has 0 aliphatic carbocycles. The van der Waals surface area contributed by atoms with Gasteiger partial charge in [0.15, 0.2) is 0 Å². The summed E-state index contributed by atoms with van der Waals surface area (Å²) >= 11 is 12.4. The highest BCUT2D eigenvalue weighted by Crippen LogP contribution is 2.34. The highest BCUT2D eigenvalue weighted by Gasteiger charge is 2.49. The monoisotopic (exact) mass is 461 g/mol. The van der Waals surface area contributed by atoms with Gasteiger partial charge in [-0.15, -0.1) is 0 Å². The summed E-state index contributed by atoms with van der Waals surface area (Å²) in [6, 6.07) is 10.2. The number of hydrogen-bond donors (Lipinski definition) is 2. The summed E-state index contributed by atoms with van der Waals surface area (Å²) in [7, 11) is 0. The van der Waals surface area contributed by atoms with Crippen LogP contribution < -0.4 is 10.6 Å². The molecule has 8 heteroatoms. The van der Waals surface area contributed by atoms with Crippen LogP contribution in [-0.2, 0) is 20.5 Å². The smallest absolute Gasteiger partial charge is 0.322 e. The zero-order chi connectivity index (χ0) is 23.1. The van der Waals surface area contributed by atoms with Crippen molar-refractivity contribution in [3.8, 4) is 0 Å². The fourth-order valence-electron chi connectivity index (χ4n) is 3.43. The quantitative estimate of drug-likeness (QED) is 0.628. The van der Waals surface area contributed by atoms with Crippen LogP contribution in [0.4, 0.5) is 10.5 Å². The van der Waals surface area contributed by atoms with Crippen LogP contribution in [0.3, 0.4) is 0 Å². The number of urea groups is 1. The van der Waals surface area contributed by atoms with Crippen LogP contribution in [0.15, 0.2) is 36.4 Å². The van der Waals surface area contributed by atoms with Gasteiger partial charge < -0.3 is 10.6 Å². The molecule has 1 saturated heterocycles. The van der Waals surface area contributed by atoms with Crippen molar-refractivity contribution in [1.29, 1.82) is 0 Å². The van der Waals surface area contributed by atoms with Crippen LogP contribution in [-0.4, -0.2) is 29.3 Å². The summed E-state index contributed by atoms with van der Waals surface area (Å²) in [6.45, 7) is 9.24. The van der Waals surface area contributed by atoms with Crippen molar-refractivity contribution in [2.45, 2.75) is 45.6 Å². The second-order valence-corrected chi connectivity index (χ2v) is 9.66. The van der Waals surface area contributed by atoms with Crippen molar-refractivity contribution in [3.05, 3.63) is 63.1 Å². The van der Waals surface area contributed by atoms with Crippen LogP contribution in [0.5, 0.6) is 0 Å². The Bertz CT molecular complexity index is 1060. The van der Waals surface area contributed by atoms with Crippen LogP contribution in [0.25, 0.3) is 0 Å². The van der Waals surface area contributed by atoms with E-state index >= 15 is 0 Å². The minimum absolute atomic E-state index is 0.0369. The van der Waals surface area contributed by atoms with E-state index in [2.05, 4.69) is 31.4 Å². The Labute approximate surface area is 191 Å². The van der Waals surface area contributed by atoms with Crippen molar-refractivity contribution in [1.82, 2.24) is 10.2 Å². The lowest BCUT2D eigenvalue weighted by atomic mass is 9.84. The zero-order valence-electron chi connectivity index (χ0n) is 18.1. The van der Waals surface area contributed by atoms with E-state index < -0.39 is 29.9 Å². The Morgan fingerprint density at radius 3 is 2.29 bits per heavy atom. The molecule has 6 nitrogen and oxygen atoms in total. The topological polar surface area (TPSA) is 78.5 Å². The lowest BCUT2D eigenvalue weighted by Gasteiger charge is -2.24. The number of imide groups is 1. The number of aryl methyl sites for hydroxylation is 1. The molecular formula is C23H25Cl2N3O3. The predicted molar refractivity (Wildman–Crippen MR) is 123 cm³/mol. The van der Waals surface area contributed by atoms with Gasteiger partial charge in [0.2, 0.25) is 5.91 Å². The SMILES string of the molecule is Cc1ccc(Cl)c(NC(=O)CN2C(=O)N[C@@](C)(c3ccc(C(C)(C)C)cc3)C2=O)c1Cl. The third-order valence-electron chi connectivity index (χ3n) is 5.45. The highest BCUT2D eigenvalue weighted by molar-refractivity contribution is 6.40. The maximum Gasteiger partial charge on any atom is 0.325 e. The average molecular weight is 462 g/mol. The van der Waals surface area contributed by atoms with E-state index in [0.717, 1.165) is 16.0 Å². The van der Waals surface area contributed by atoms with E-state index in [1.54, 1.807) is 26.0 Å². The lowest BCUT2D eigenvalue weighted by Crippen LogP contribution is -2.42. The summed E-state index contributed by atoms with van der Waals surface area (Å²) in [4.78, 5) is 39.1. The molecule has 0 unspecified atom stereocenters. The predicted octanol–water partition coefficient (Wildman–Crippen LogP) is 5.01. The fourth-order valence-corrected chi connectivity index (χ4v) is 3.90. The summed E-state index contributed by atoms with van der Waals surface area (Å²) in [5.74, 6) is -1.08. The Kier molecular flexibility index (Phi) is 6.09. The molecule has 31 heavy (non-hydrogen) atoms. The first-order valence-corrected chi connectivity index (χ1v) is 10.6. The van der Waals surface area contributed by atoms with Gasteiger partial charge in [0.05, 0.1) is 15.7 Å². The Balaban J connectivity index is 1.79. The molecule has 2 aromatic rings. The number of amides is 4. The van der Waals surface area contributed by atoms with Crippen LogP contribution in [0, 0.1) is 6.92 Å². The third kappa shape index (κ3) is 4.41. The lowest BCUT2D eigenvalue weighted by molar-refractivity contribution is -0.133. The Hall–Kier alpha value is -2.57. The normalized spacial score (nSPS) is 18.9. The molecule has 1 atom stereocenters. The maximum atomic E-state index is 13.1. The van der Waals surface area contributed by atoms with Crippen LogP contribution in [0.1, 0.15) is 44.4 Å². The molecule has 2 aromatic carbocycles. The van der Waals surface area contributed by atoms with E-state index in [1.807, 2.05) is 24.3 Å². The van der Waals surface area contributed by atoms with Gasteiger partial charge in [0.25, 0.3) is 5.91 Å². The van der Waals surface area contributed by atoms with Crippen molar-refractivity contribution in [2.24, 2.45) is 0 Å². The minimum atomic E-state index is -1.26. The molecule has 1 heterocycles. The largest absolute Gasteiger partial charge is 0.325 e. The number of nitrogens with zero attached hydrogens (tertiary/aromatic N) is 1. The van der Waals surface area contributed by atoms with Gasteiger partial charge >= 0.3 is 6.03 Å². The van der Waals surface area contributed by atoms with Crippen molar-refractivity contribution < 1.29 is 14.4 Å². The first-order valence-electron chi connectivity index (χ1n) is 9.84. The second-order valence-electron chi connectivity index (χ2n) is 8.88. The molecule has 1 aliphatic rings. The van der Waals surface area contributed by atoms with Gasteiger partial charge in [-0.1, -0.05) is 74.3 Å². The molecule has 0 spiro atoms. The van der Waals surface area contributed by atoms with E-state index in [4.69, 9.17) is 23.2 Å². The standard InChI is InChI=1S/C23H25Cl2N3O3/c1-13-6-11-16(24)19(18(13)25)26-17(29)12-28-20(30)23(5,27-21(28)31)15-9-7-14(8-10-15)22(2,3)4/h6-11H,12H2,1-5H3,(H,26,29)(H,27,31)/t23-/m0/s1. The van der Waals surface area contributed by atoms with Gasteiger partial charge in [-0.2, -0.15) is 0 Å². The van der Waals surface area contributed by atoms with Crippen molar-refractivity contribution in [3.63, 3.8) is 0 Å². The van der Waals surface area contributed by atoms with Gasteiger partial charge in [0, 0.05) is 0 Å². The molecule has 1 fully saturated rings. The third-order valence-corrected chi connectivity index (χ3v) is 6.26. The van der Waals surface area contributed by atoms with E-state index in [9.17, 15) is 14.4 Å². The maximum absolute atomic E-state index is 13.1. The summed E-state index contributed by atoms with van der Waals surface area (Å²) in [5, 5.41) is 5.89. The highest BCUT2D eigenvalue weighted by atomic mass is 35.5. The second kappa shape index (κ2) is 8.17. The first kappa shape index (κ1) is 23.1. The number of nitrogens with one attached hydrogen (secondary N) is 2. The number of halogens is 2. The molecular weight excluding hydrogens is 437 g/mol. The zero-order valence-corrected chi connectivity index (χ0v) is 19.6. The molecule has 0 bridgehead atoms. The van der Waals surface area contributed by atoms with Gasteiger partial charge in [-0.05, 0) is 42.0 Å². The van der Waals surface area contributed by atoms with E-state index in [0.29, 0.717) is 10.6 Å². The van der Waals surface area contributed by atoms with Gasteiger partial charge in [0.1, 0.15) is 12.1 Å². The van der Waals surface area contributed by atoms with Crippen LogP contribution >= 0.6 is 23.2 Å². The molecule has 0 radical (unpaired) electrons. The van der Waals surface area contributed by atoms with Gasteiger partial charge in [-0.3, -0.25) is 14.5 Å². The number of carbonyl (C=O) groups excluding carboxylic acids is 3. The number of benzene rings is 2. The molecule has 4 amide bonds. The van der Waals surface area contributed by atoms with Crippen molar-refractivity contribution in [2.75, 3.05) is 11.9 Å². The number of anilines is 1. The molecule has 164 valence electrons. The minimum Gasteiger partial charge on any atom is -0.322 e. The number of hydrogen-bond acceptors (Lipinski definition) is 3.